The van der Waals surface area contributed by atoms with E-state index in [9.17, 15) is 4.79 Å². The van der Waals surface area contributed by atoms with Crippen molar-refractivity contribution >= 4 is 11.7 Å². The number of benzene rings is 1. The predicted molar refractivity (Wildman–Crippen MR) is 72.4 cm³/mol. The second-order valence-electron chi connectivity index (χ2n) is 4.36. The highest BCUT2D eigenvalue weighted by molar-refractivity contribution is 5.70. The molecule has 0 heterocycles. The Kier molecular flexibility index (Phi) is 5.01. The number of carbonyl (C=O) groups is 1. The second kappa shape index (κ2) is 6.28. The molecule has 0 radical (unpaired) electrons. The SMILES string of the molecule is COC(=O)CCN(C)c1cc(C)c(OC)c(C)c1. The van der Waals surface area contributed by atoms with Crippen molar-refractivity contribution in [1.29, 1.82) is 0 Å². The lowest BCUT2D eigenvalue weighted by molar-refractivity contribution is -0.140. The Morgan fingerprint density at radius 3 is 2.22 bits per heavy atom. The summed E-state index contributed by atoms with van der Waals surface area (Å²) in [6, 6.07) is 4.12. The number of nitrogens with zero attached hydrogens (tertiary/aromatic N) is 1. The Morgan fingerprint density at radius 1 is 1.22 bits per heavy atom. The third-order valence-electron chi connectivity index (χ3n) is 2.97. The van der Waals surface area contributed by atoms with Crippen LogP contribution in [0.25, 0.3) is 0 Å². The van der Waals surface area contributed by atoms with Crippen molar-refractivity contribution in [3.05, 3.63) is 23.3 Å². The molecule has 0 aliphatic heterocycles. The third kappa shape index (κ3) is 3.39. The Balaban J connectivity index is 2.80. The molecule has 0 saturated carbocycles. The average Bonchev–Trinajstić information content (AvgIpc) is 2.34. The normalized spacial score (nSPS) is 10.1. The van der Waals surface area contributed by atoms with Gasteiger partial charge in [0, 0.05) is 19.3 Å². The molecule has 1 rings (SSSR count). The van der Waals surface area contributed by atoms with Crippen LogP contribution in [0.5, 0.6) is 5.75 Å². The fourth-order valence-electron chi connectivity index (χ4n) is 1.96. The summed E-state index contributed by atoms with van der Waals surface area (Å²) in [5, 5.41) is 0. The van der Waals surface area contributed by atoms with E-state index in [1.807, 2.05) is 25.8 Å². The van der Waals surface area contributed by atoms with Gasteiger partial charge in [0.1, 0.15) is 5.75 Å². The van der Waals surface area contributed by atoms with Crippen LogP contribution in [0.2, 0.25) is 0 Å². The number of rotatable bonds is 5. The molecule has 0 amide bonds. The largest absolute Gasteiger partial charge is 0.496 e. The molecule has 1 aromatic rings. The lowest BCUT2D eigenvalue weighted by Gasteiger charge is -2.21. The molecule has 1 aromatic carbocycles. The summed E-state index contributed by atoms with van der Waals surface area (Å²) in [5.41, 5.74) is 3.27. The molecule has 0 atom stereocenters. The fraction of sp³-hybridized carbons (Fsp3) is 0.500. The highest BCUT2D eigenvalue weighted by Crippen LogP contribution is 2.28. The van der Waals surface area contributed by atoms with Crippen molar-refractivity contribution in [2.45, 2.75) is 20.3 Å². The molecule has 0 N–H and O–H groups in total. The highest BCUT2D eigenvalue weighted by Gasteiger charge is 2.09. The Hall–Kier alpha value is -1.71. The predicted octanol–water partition coefficient (Wildman–Crippen LogP) is 2.31. The summed E-state index contributed by atoms with van der Waals surface area (Å²) >= 11 is 0. The lowest BCUT2D eigenvalue weighted by atomic mass is 10.1. The summed E-state index contributed by atoms with van der Waals surface area (Å²) in [6.07, 6.45) is 0.386. The van der Waals surface area contributed by atoms with Crippen molar-refractivity contribution in [2.24, 2.45) is 0 Å². The fourth-order valence-corrected chi connectivity index (χ4v) is 1.96. The van der Waals surface area contributed by atoms with Gasteiger partial charge in [-0.3, -0.25) is 4.79 Å². The molecule has 4 nitrogen and oxygen atoms in total. The molecule has 100 valence electrons. The zero-order chi connectivity index (χ0) is 13.7. The maximum atomic E-state index is 11.1. The lowest BCUT2D eigenvalue weighted by Crippen LogP contribution is -2.21. The summed E-state index contributed by atoms with van der Waals surface area (Å²) < 4.78 is 9.97. The molecule has 0 saturated heterocycles. The monoisotopic (exact) mass is 251 g/mol. The number of hydrogen-bond acceptors (Lipinski definition) is 4. The van der Waals surface area contributed by atoms with Crippen LogP contribution in [0.4, 0.5) is 5.69 Å². The summed E-state index contributed by atoms with van der Waals surface area (Å²) in [7, 11) is 5.05. The zero-order valence-electron chi connectivity index (χ0n) is 11.7. The van der Waals surface area contributed by atoms with Gasteiger partial charge in [0.15, 0.2) is 0 Å². The van der Waals surface area contributed by atoms with Gasteiger partial charge in [0.25, 0.3) is 0 Å². The summed E-state index contributed by atoms with van der Waals surface area (Å²) in [4.78, 5) is 13.2. The van der Waals surface area contributed by atoms with E-state index in [2.05, 4.69) is 16.9 Å². The number of anilines is 1. The summed E-state index contributed by atoms with van der Waals surface area (Å²) in [6.45, 7) is 4.67. The number of hydrogen-bond donors (Lipinski definition) is 0. The maximum Gasteiger partial charge on any atom is 0.307 e. The number of aryl methyl sites for hydroxylation is 2. The molecular weight excluding hydrogens is 230 g/mol. The Labute approximate surface area is 108 Å². The highest BCUT2D eigenvalue weighted by atomic mass is 16.5. The van der Waals surface area contributed by atoms with Crippen LogP contribution in [0.15, 0.2) is 12.1 Å². The van der Waals surface area contributed by atoms with Gasteiger partial charge >= 0.3 is 5.97 Å². The molecular formula is C14H21NO3. The zero-order valence-corrected chi connectivity index (χ0v) is 11.7. The number of ether oxygens (including phenoxy) is 2. The second-order valence-corrected chi connectivity index (χ2v) is 4.36. The van der Waals surface area contributed by atoms with E-state index >= 15 is 0 Å². The first-order chi connectivity index (χ1) is 8.49. The number of esters is 1. The van der Waals surface area contributed by atoms with Crippen LogP contribution in [-0.2, 0) is 9.53 Å². The number of methoxy groups -OCH3 is 2. The smallest absolute Gasteiger partial charge is 0.307 e. The van der Waals surface area contributed by atoms with Gasteiger partial charge in [-0.05, 0) is 37.1 Å². The van der Waals surface area contributed by atoms with Crippen LogP contribution in [0.3, 0.4) is 0 Å². The van der Waals surface area contributed by atoms with E-state index in [1.54, 1.807) is 7.11 Å². The van der Waals surface area contributed by atoms with E-state index < -0.39 is 0 Å². The molecule has 0 unspecified atom stereocenters. The van der Waals surface area contributed by atoms with Crippen LogP contribution < -0.4 is 9.64 Å². The first-order valence-corrected chi connectivity index (χ1v) is 5.92. The van der Waals surface area contributed by atoms with Crippen LogP contribution >= 0.6 is 0 Å². The number of carbonyl (C=O) groups excluding carboxylic acids is 1. The molecule has 4 heteroatoms. The Bertz CT molecular complexity index is 406. The molecule has 0 aromatic heterocycles. The van der Waals surface area contributed by atoms with E-state index in [1.165, 1.54) is 7.11 Å². The Morgan fingerprint density at radius 2 is 1.78 bits per heavy atom. The van der Waals surface area contributed by atoms with Gasteiger partial charge in [-0.2, -0.15) is 0 Å². The molecule has 0 aliphatic carbocycles. The minimum atomic E-state index is -0.191. The van der Waals surface area contributed by atoms with E-state index in [0.29, 0.717) is 13.0 Å². The molecule has 0 spiro atoms. The standard InChI is InChI=1S/C14H21NO3/c1-10-8-12(9-11(2)14(10)18-5)15(3)7-6-13(16)17-4/h8-9H,6-7H2,1-5H3. The van der Waals surface area contributed by atoms with Gasteiger partial charge in [-0.25, -0.2) is 0 Å². The minimum absolute atomic E-state index is 0.191. The average molecular weight is 251 g/mol. The van der Waals surface area contributed by atoms with Crippen LogP contribution in [-0.4, -0.2) is 33.8 Å². The first-order valence-electron chi connectivity index (χ1n) is 5.92. The van der Waals surface area contributed by atoms with Gasteiger partial charge in [-0.15, -0.1) is 0 Å². The van der Waals surface area contributed by atoms with E-state index in [4.69, 9.17) is 4.74 Å². The molecule has 0 aliphatic rings. The molecule has 18 heavy (non-hydrogen) atoms. The quantitative estimate of drug-likeness (QED) is 0.753. The summed E-state index contributed by atoms with van der Waals surface area (Å²) in [5.74, 6) is 0.726. The van der Waals surface area contributed by atoms with E-state index in [-0.39, 0.29) is 5.97 Å². The van der Waals surface area contributed by atoms with E-state index in [0.717, 1.165) is 22.6 Å². The minimum Gasteiger partial charge on any atom is -0.496 e. The first kappa shape index (κ1) is 14.4. The van der Waals surface area contributed by atoms with Gasteiger partial charge < -0.3 is 14.4 Å². The molecule has 0 bridgehead atoms. The van der Waals surface area contributed by atoms with Crippen molar-refractivity contribution in [2.75, 3.05) is 32.7 Å². The van der Waals surface area contributed by atoms with Crippen molar-refractivity contribution < 1.29 is 14.3 Å². The van der Waals surface area contributed by atoms with Crippen molar-refractivity contribution in [3.8, 4) is 5.75 Å². The molecule has 0 fully saturated rings. The van der Waals surface area contributed by atoms with Gasteiger partial charge in [0.05, 0.1) is 20.6 Å². The van der Waals surface area contributed by atoms with Gasteiger partial charge in [0.2, 0.25) is 0 Å². The van der Waals surface area contributed by atoms with Crippen molar-refractivity contribution in [3.63, 3.8) is 0 Å². The van der Waals surface area contributed by atoms with Crippen molar-refractivity contribution in [1.82, 2.24) is 0 Å². The van der Waals surface area contributed by atoms with Crippen LogP contribution in [0, 0.1) is 13.8 Å². The topological polar surface area (TPSA) is 38.8 Å². The third-order valence-corrected chi connectivity index (χ3v) is 2.97. The maximum absolute atomic E-state index is 11.1. The van der Waals surface area contributed by atoms with Gasteiger partial charge in [-0.1, -0.05) is 0 Å². The van der Waals surface area contributed by atoms with Crippen LogP contribution in [0.1, 0.15) is 17.5 Å².